The molecule has 1 aromatic rings. The molecular formula is C12H15Cl2NO2. The summed E-state index contributed by atoms with van der Waals surface area (Å²) >= 11 is 12.0. The summed E-state index contributed by atoms with van der Waals surface area (Å²) in [5, 5.41) is 0.686. The molecule has 0 N–H and O–H groups in total. The van der Waals surface area contributed by atoms with Crippen LogP contribution in [0, 0.1) is 0 Å². The number of ether oxygens (including phenoxy) is 1. The number of methoxy groups -OCH3 is 1. The molecule has 0 saturated heterocycles. The van der Waals surface area contributed by atoms with Gasteiger partial charge in [0, 0.05) is 18.7 Å². The Labute approximate surface area is 111 Å². The number of carbonyl (C=O) groups is 1. The zero-order chi connectivity index (χ0) is 13.0. The van der Waals surface area contributed by atoms with Crippen LogP contribution in [0.3, 0.4) is 0 Å². The Morgan fingerprint density at radius 2 is 1.71 bits per heavy atom. The van der Waals surface area contributed by atoms with Crippen molar-refractivity contribution in [1.82, 2.24) is 4.90 Å². The zero-order valence-corrected chi connectivity index (χ0v) is 11.6. The average Bonchev–Trinajstić information content (AvgIpc) is 2.30. The van der Waals surface area contributed by atoms with Crippen molar-refractivity contribution in [1.29, 1.82) is 0 Å². The van der Waals surface area contributed by atoms with Crippen LogP contribution >= 0.6 is 23.2 Å². The minimum atomic E-state index is -0.0820. The molecule has 0 aliphatic heterocycles. The van der Waals surface area contributed by atoms with E-state index in [9.17, 15) is 4.79 Å². The Hall–Kier alpha value is -0.930. The normalized spacial score (nSPS) is 10.2. The number of benzene rings is 1. The van der Waals surface area contributed by atoms with E-state index in [4.69, 9.17) is 27.9 Å². The summed E-state index contributed by atoms with van der Waals surface area (Å²) < 4.78 is 5.03. The molecule has 0 aliphatic carbocycles. The third-order valence-corrected chi connectivity index (χ3v) is 3.06. The monoisotopic (exact) mass is 275 g/mol. The number of carbonyl (C=O) groups excluding carboxylic acids is 1. The van der Waals surface area contributed by atoms with Gasteiger partial charge in [0.1, 0.15) is 0 Å². The van der Waals surface area contributed by atoms with Crippen molar-refractivity contribution < 1.29 is 9.53 Å². The molecule has 0 radical (unpaired) electrons. The maximum Gasteiger partial charge on any atom is 0.253 e. The van der Waals surface area contributed by atoms with Crippen molar-refractivity contribution in [2.24, 2.45) is 0 Å². The van der Waals surface area contributed by atoms with Crippen LogP contribution in [0.4, 0.5) is 0 Å². The van der Waals surface area contributed by atoms with E-state index in [0.29, 0.717) is 34.4 Å². The first kappa shape index (κ1) is 14.1. The quantitative estimate of drug-likeness (QED) is 0.842. The minimum absolute atomic E-state index is 0.0820. The maximum absolute atomic E-state index is 12.1. The molecule has 0 fully saturated rings. The molecule has 0 saturated carbocycles. The molecule has 0 spiro atoms. The fraction of sp³-hybridized carbons (Fsp3) is 0.417. The summed E-state index contributed by atoms with van der Waals surface area (Å²) in [7, 11) is 1.49. The molecule has 1 rings (SSSR count). The molecular weight excluding hydrogens is 261 g/mol. The summed E-state index contributed by atoms with van der Waals surface area (Å²) in [4.78, 5) is 13.8. The van der Waals surface area contributed by atoms with Crippen molar-refractivity contribution >= 4 is 29.1 Å². The van der Waals surface area contributed by atoms with Crippen molar-refractivity contribution in [3.8, 4) is 5.75 Å². The number of halogens is 2. The average molecular weight is 276 g/mol. The van der Waals surface area contributed by atoms with Crippen LogP contribution in [0.5, 0.6) is 5.75 Å². The Kier molecular flexibility index (Phi) is 5.09. The van der Waals surface area contributed by atoms with Crippen molar-refractivity contribution in [3.05, 3.63) is 27.7 Å². The summed E-state index contributed by atoms with van der Waals surface area (Å²) in [5.41, 5.74) is 0.476. The molecule has 17 heavy (non-hydrogen) atoms. The number of hydrogen-bond donors (Lipinski definition) is 0. The SMILES string of the molecule is CCN(CC)C(=O)c1cc(Cl)c(OC)c(Cl)c1. The topological polar surface area (TPSA) is 29.5 Å². The lowest BCUT2D eigenvalue weighted by Gasteiger charge is -2.19. The lowest BCUT2D eigenvalue weighted by Crippen LogP contribution is -2.30. The molecule has 0 bridgehead atoms. The highest BCUT2D eigenvalue weighted by molar-refractivity contribution is 6.37. The van der Waals surface area contributed by atoms with Crippen LogP contribution in [0.2, 0.25) is 10.0 Å². The summed E-state index contributed by atoms with van der Waals surface area (Å²) in [6, 6.07) is 3.15. The predicted octanol–water partition coefficient (Wildman–Crippen LogP) is 3.48. The Morgan fingerprint density at radius 3 is 2.06 bits per heavy atom. The van der Waals surface area contributed by atoms with Gasteiger partial charge in [-0.25, -0.2) is 0 Å². The van der Waals surface area contributed by atoms with Gasteiger partial charge >= 0.3 is 0 Å². The van der Waals surface area contributed by atoms with Crippen molar-refractivity contribution in [2.45, 2.75) is 13.8 Å². The number of hydrogen-bond acceptors (Lipinski definition) is 2. The zero-order valence-electron chi connectivity index (χ0n) is 10.1. The molecule has 1 aromatic carbocycles. The fourth-order valence-corrected chi connectivity index (χ4v) is 2.21. The van der Waals surface area contributed by atoms with Crippen molar-refractivity contribution in [3.63, 3.8) is 0 Å². The van der Waals surface area contributed by atoms with Crippen LogP contribution in [0.1, 0.15) is 24.2 Å². The third kappa shape index (κ3) is 3.05. The van der Waals surface area contributed by atoms with Gasteiger partial charge in [-0.3, -0.25) is 4.79 Å². The van der Waals surface area contributed by atoms with Crippen LogP contribution in [-0.4, -0.2) is 31.0 Å². The molecule has 0 aromatic heterocycles. The predicted molar refractivity (Wildman–Crippen MR) is 70.3 cm³/mol. The summed E-state index contributed by atoms with van der Waals surface area (Å²) in [6.07, 6.45) is 0. The van der Waals surface area contributed by atoms with E-state index in [1.165, 1.54) is 7.11 Å². The largest absolute Gasteiger partial charge is 0.494 e. The number of rotatable bonds is 4. The van der Waals surface area contributed by atoms with Crippen LogP contribution in [0.25, 0.3) is 0 Å². The van der Waals surface area contributed by atoms with E-state index >= 15 is 0 Å². The third-order valence-electron chi connectivity index (χ3n) is 2.50. The highest BCUT2D eigenvalue weighted by Gasteiger charge is 2.16. The van der Waals surface area contributed by atoms with Gasteiger partial charge in [0.15, 0.2) is 5.75 Å². The first-order valence-corrected chi connectivity index (χ1v) is 6.13. The van der Waals surface area contributed by atoms with Gasteiger partial charge in [0.25, 0.3) is 5.91 Å². The minimum Gasteiger partial charge on any atom is -0.494 e. The van der Waals surface area contributed by atoms with E-state index in [0.717, 1.165) is 0 Å². The second kappa shape index (κ2) is 6.12. The molecule has 5 heteroatoms. The maximum atomic E-state index is 12.1. The van der Waals surface area contributed by atoms with Crippen LogP contribution in [0.15, 0.2) is 12.1 Å². The lowest BCUT2D eigenvalue weighted by molar-refractivity contribution is 0.0773. The Balaban J connectivity index is 3.12. The first-order valence-electron chi connectivity index (χ1n) is 5.37. The van der Waals surface area contributed by atoms with Crippen LogP contribution < -0.4 is 4.74 Å². The van der Waals surface area contributed by atoms with E-state index in [1.54, 1.807) is 17.0 Å². The highest BCUT2D eigenvalue weighted by Crippen LogP contribution is 2.34. The summed E-state index contributed by atoms with van der Waals surface area (Å²) in [5.74, 6) is 0.311. The van der Waals surface area contributed by atoms with Gasteiger partial charge in [-0.15, -0.1) is 0 Å². The molecule has 0 atom stereocenters. The Bertz CT molecular complexity index is 394. The van der Waals surface area contributed by atoms with E-state index in [1.807, 2.05) is 13.8 Å². The van der Waals surface area contributed by atoms with Gasteiger partial charge in [0.2, 0.25) is 0 Å². The van der Waals surface area contributed by atoms with Gasteiger partial charge in [0.05, 0.1) is 17.2 Å². The number of amides is 1. The van der Waals surface area contributed by atoms with Gasteiger partial charge in [-0.05, 0) is 26.0 Å². The standard InChI is InChI=1S/C12H15Cl2NO2/c1-4-15(5-2)12(16)8-6-9(13)11(17-3)10(14)7-8/h6-7H,4-5H2,1-3H3. The second-order valence-electron chi connectivity index (χ2n) is 3.45. The Morgan fingerprint density at radius 1 is 1.24 bits per heavy atom. The molecule has 0 unspecified atom stereocenters. The molecule has 0 heterocycles. The van der Waals surface area contributed by atoms with E-state index in [2.05, 4.69) is 0 Å². The molecule has 94 valence electrons. The molecule has 0 aliphatic rings. The fourth-order valence-electron chi connectivity index (χ4n) is 1.57. The molecule has 1 amide bonds. The lowest BCUT2D eigenvalue weighted by atomic mass is 10.2. The smallest absolute Gasteiger partial charge is 0.253 e. The van der Waals surface area contributed by atoms with Crippen molar-refractivity contribution in [2.75, 3.05) is 20.2 Å². The number of nitrogens with zero attached hydrogens (tertiary/aromatic N) is 1. The van der Waals surface area contributed by atoms with Gasteiger partial charge in [-0.2, -0.15) is 0 Å². The highest BCUT2D eigenvalue weighted by atomic mass is 35.5. The first-order chi connectivity index (χ1) is 8.04. The van der Waals surface area contributed by atoms with Crippen LogP contribution in [-0.2, 0) is 0 Å². The summed E-state index contributed by atoms with van der Waals surface area (Å²) in [6.45, 7) is 5.15. The van der Waals surface area contributed by atoms with E-state index in [-0.39, 0.29) is 5.91 Å². The van der Waals surface area contributed by atoms with E-state index < -0.39 is 0 Å². The second-order valence-corrected chi connectivity index (χ2v) is 4.26. The van der Waals surface area contributed by atoms with Gasteiger partial charge in [-0.1, -0.05) is 23.2 Å². The molecule has 3 nitrogen and oxygen atoms in total. The van der Waals surface area contributed by atoms with Gasteiger partial charge < -0.3 is 9.64 Å².